The first-order chi connectivity index (χ1) is 16.9. The Labute approximate surface area is 217 Å². The van der Waals surface area contributed by atoms with Gasteiger partial charge in [0.25, 0.3) is 5.91 Å². The van der Waals surface area contributed by atoms with Crippen molar-refractivity contribution in [2.45, 2.75) is 45.3 Å². The SMILES string of the molecule is CC[C@@H](C)NC(=O)[C@@H](Cc1ccccc1)N(Cc1ccc(Cl)c(Cl)c1)C(=O)COc1ccccc1. The van der Waals surface area contributed by atoms with Gasteiger partial charge >= 0.3 is 0 Å². The Hall–Kier alpha value is -3.02. The van der Waals surface area contributed by atoms with Crippen LogP contribution < -0.4 is 10.1 Å². The zero-order valence-corrected chi connectivity index (χ0v) is 21.4. The Morgan fingerprint density at radius 2 is 1.57 bits per heavy atom. The van der Waals surface area contributed by atoms with Crippen molar-refractivity contribution < 1.29 is 14.3 Å². The van der Waals surface area contributed by atoms with Crippen molar-refractivity contribution in [2.24, 2.45) is 0 Å². The van der Waals surface area contributed by atoms with E-state index in [9.17, 15) is 9.59 Å². The molecule has 0 aliphatic heterocycles. The molecule has 0 unspecified atom stereocenters. The monoisotopic (exact) mass is 512 g/mol. The predicted molar refractivity (Wildman–Crippen MR) is 141 cm³/mol. The third-order valence-electron chi connectivity index (χ3n) is 5.71. The van der Waals surface area contributed by atoms with Gasteiger partial charge in [-0.2, -0.15) is 0 Å². The maximum absolute atomic E-state index is 13.5. The number of hydrogen-bond acceptors (Lipinski definition) is 3. The summed E-state index contributed by atoms with van der Waals surface area (Å²) < 4.78 is 5.74. The molecule has 0 saturated heterocycles. The van der Waals surface area contributed by atoms with Crippen LogP contribution in [0.2, 0.25) is 10.0 Å². The highest BCUT2D eigenvalue weighted by molar-refractivity contribution is 6.42. The number of carbonyl (C=O) groups is 2. The number of halogens is 2. The van der Waals surface area contributed by atoms with Crippen LogP contribution in [0.3, 0.4) is 0 Å². The van der Waals surface area contributed by atoms with Crippen LogP contribution in [0.4, 0.5) is 0 Å². The molecule has 3 aromatic rings. The summed E-state index contributed by atoms with van der Waals surface area (Å²) in [5, 5.41) is 3.86. The molecule has 35 heavy (non-hydrogen) atoms. The number of rotatable bonds is 11. The molecule has 0 bridgehead atoms. The highest BCUT2D eigenvalue weighted by Crippen LogP contribution is 2.24. The minimum Gasteiger partial charge on any atom is -0.484 e. The minimum absolute atomic E-state index is 0.0247. The second-order valence-electron chi connectivity index (χ2n) is 8.40. The number of amides is 2. The number of hydrogen-bond donors (Lipinski definition) is 1. The summed E-state index contributed by atoms with van der Waals surface area (Å²) in [6, 6.07) is 23.2. The van der Waals surface area contributed by atoms with E-state index < -0.39 is 6.04 Å². The molecule has 2 atom stereocenters. The van der Waals surface area contributed by atoms with Crippen LogP contribution in [0.15, 0.2) is 78.9 Å². The van der Waals surface area contributed by atoms with Gasteiger partial charge in [0.05, 0.1) is 10.0 Å². The number of benzene rings is 3. The van der Waals surface area contributed by atoms with Crippen LogP contribution in [0.1, 0.15) is 31.4 Å². The van der Waals surface area contributed by atoms with Gasteiger partial charge in [0.15, 0.2) is 6.61 Å². The van der Waals surface area contributed by atoms with E-state index in [0.29, 0.717) is 22.2 Å². The smallest absolute Gasteiger partial charge is 0.261 e. The molecule has 0 saturated carbocycles. The van der Waals surface area contributed by atoms with Crippen LogP contribution in [0, 0.1) is 0 Å². The van der Waals surface area contributed by atoms with Gasteiger partial charge in [0.1, 0.15) is 11.8 Å². The number of nitrogens with one attached hydrogen (secondary N) is 1. The summed E-state index contributed by atoms with van der Waals surface area (Å²) in [6.45, 7) is 3.93. The topological polar surface area (TPSA) is 58.6 Å². The van der Waals surface area contributed by atoms with Crippen molar-refractivity contribution in [3.05, 3.63) is 100 Å². The zero-order valence-electron chi connectivity index (χ0n) is 19.9. The van der Waals surface area contributed by atoms with Gasteiger partial charge in [-0.15, -0.1) is 0 Å². The first-order valence-electron chi connectivity index (χ1n) is 11.6. The van der Waals surface area contributed by atoms with Crippen LogP contribution >= 0.6 is 23.2 Å². The summed E-state index contributed by atoms with van der Waals surface area (Å²) >= 11 is 12.3. The largest absolute Gasteiger partial charge is 0.484 e. The van der Waals surface area contributed by atoms with Gasteiger partial charge in [-0.25, -0.2) is 0 Å². The molecule has 0 aromatic heterocycles. The minimum atomic E-state index is -0.743. The fourth-order valence-electron chi connectivity index (χ4n) is 3.57. The van der Waals surface area contributed by atoms with Crippen molar-refractivity contribution >= 4 is 35.0 Å². The normalized spacial score (nSPS) is 12.5. The molecule has 3 rings (SSSR count). The highest BCUT2D eigenvalue weighted by Gasteiger charge is 2.31. The number of carbonyl (C=O) groups excluding carboxylic acids is 2. The van der Waals surface area contributed by atoms with E-state index in [1.807, 2.05) is 62.4 Å². The maximum atomic E-state index is 13.5. The second kappa shape index (κ2) is 13.2. The molecular weight excluding hydrogens is 483 g/mol. The molecule has 7 heteroatoms. The van der Waals surface area contributed by atoms with Crippen LogP contribution in [-0.2, 0) is 22.6 Å². The molecule has 0 aliphatic carbocycles. The summed E-state index contributed by atoms with van der Waals surface area (Å²) in [5.41, 5.74) is 1.72. The molecule has 184 valence electrons. The van der Waals surface area contributed by atoms with Gasteiger partial charge in [-0.1, -0.05) is 84.7 Å². The Morgan fingerprint density at radius 1 is 0.914 bits per heavy atom. The van der Waals surface area contributed by atoms with E-state index in [1.54, 1.807) is 35.2 Å². The Bertz CT molecular complexity index is 1110. The molecule has 0 fully saturated rings. The third-order valence-corrected chi connectivity index (χ3v) is 6.45. The summed E-state index contributed by atoms with van der Waals surface area (Å²) in [6.07, 6.45) is 1.14. The summed E-state index contributed by atoms with van der Waals surface area (Å²) in [5.74, 6) is 0.0653. The molecule has 0 heterocycles. The standard InChI is InChI=1S/C28H30Cl2N2O3/c1-3-20(2)31-28(34)26(17-21-10-6-4-7-11-21)32(18-22-14-15-24(29)25(30)16-22)27(33)19-35-23-12-8-5-9-13-23/h4-16,20,26H,3,17-19H2,1-2H3,(H,31,34)/t20-,26-/m1/s1. The highest BCUT2D eigenvalue weighted by atomic mass is 35.5. The molecule has 5 nitrogen and oxygen atoms in total. The fraction of sp³-hybridized carbons (Fsp3) is 0.286. The van der Waals surface area contributed by atoms with Crippen molar-refractivity contribution in [2.75, 3.05) is 6.61 Å². The zero-order chi connectivity index (χ0) is 25.2. The molecule has 2 amide bonds. The molecular formula is C28H30Cl2N2O3. The lowest BCUT2D eigenvalue weighted by Gasteiger charge is -2.32. The van der Waals surface area contributed by atoms with Gasteiger partial charge < -0.3 is 15.0 Å². The Balaban J connectivity index is 1.93. The third kappa shape index (κ3) is 8.01. The first kappa shape index (κ1) is 26.6. The lowest BCUT2D eigenvalue weighted by atomic mass is 10.0. The van der Waals surface area contributed by atoms with Gasteiger partial charge in [-0.05, 0) is 48.7 Å². The average Bonchev–Trinajstić information content (AvgIpc) is 2.87. The summed E-state index contributed by atoms with van der Waals surface area (Å²) in [4.78, 5) is 28.5. The maximum Gasteiger partial charge on any atom is 0.261 e. The van der Waals surface area contributed by atoms with E-state index in [1.165, 1.54) is 0 Å². The number of ether oxygens (including phenoxy) is 1. The van der Waals surface area contributed by atoms with E-state index >= 15 is 0 Å². The molecule has 1 N–H and O–H groups in total. The number of nitrogens with zero attached hydrogens (tertiary/aromatic N) is 1. The Morgan fingerprint density at radius 3 is 2.20 bits per heavy atom. The van der Waals surface area contributed by atoms with E-state index in [0.717, 1.165) is 17.5 Å². The molecule has 0 spiro atoms. The van der Waals surface area contributed by atoms with Gasteiger partial charge in [-0.3, -0.25) is 9.59 Å². The molecule has 3 aromatic carbocycles. The first-order valence-corrected chi connectivity index (χ1v) is 12.4. The van der Waals surface area contributed by atoms with Crippen molar-refractivity contribution in [3.63, 3.8) is 0 Å². The van der Waals surface area contributed by atoms with Crippen LogP contribution in [0.5, 0.6) is 5.75 Å². The van der Waals surface area contributed by atoms with Crippen LogP contribution in [0.25, 0.3) is 0 Å². The van der Waals surface area contributed by atoms with Crippen molar-refractivity contribution in [1.29, 1.82) is 0 Å². The number of para-hydroxylation sites is 1. The average molecular weight is 513 g/mol. The summed E-state index contributed by atoms with van der Waals surface area (Å²) in [7, 11) is 0. The van der Waals surface area contributed by atoms with Crippen molar-refractivity contribution in [1.82, 2.24) is 10.2 Å². The lowest BCUT2D eigenvalue weighted by Crippen LogP contribution is -2.53. The quantitative estimate of drug-likeness (QED) is 0.346. The van der Waals surface area contributed by atoms with Crippen molar-refractivity contribution in [3.8, 4) is 5.75 Å². The van der Waals surface area contributed by atoms with E-state index in [2.05, 4.69) is 5.32 Å². The predicted octanol–water partition coefficient (Wildman–Crippen LogP) is 5.93. The lowest BCUT2D eigenvalue weighted by molar-refractivity contribution is -0.143. The van der Waals surface area contributed by atoms with E-state index in [4.69, 9.17) is 27.9 Å². The second-order valence-corrected chi connectivity index (χ2v) is 9.21. The fourth-order valence-corrected chi connectivity index (χ4v) is 3.90. The molecule has 0 aliphatic rings. The van der Waals surface area contributed by atoms with Crippen LogP contribution in [-0.4, -0.2) is 35.4 Å². The molecule has 0 radical (unpaired) electrons. The van der Waals surface area contributed by atoms with Gasteiger partial charge in [0, 0.05) is 19.0 Å². The van der Waals surface area contributed by atoms with E-state index in [-0.39, 0.29) is 31.0 Å². The van der Waals surface area contributed by atoms with Gasteiger partial charge in [0.2, 0.25) is 5.91 Å². The Kier molecular flexibility index (Phi) is 10.0.